The van der Waals surface area contributed by atoms with Crippen LogP contribution < -0.4 is 16.6 Å². The van der Waals surface area contributed by atoms with E-state index in [9.17, 15) is 9.59 Å². The molecule has 1 aliphatic rings. The Labute approximate surface area is 233 Å². The van der Waals surface area contributed by atoms with E-state index in [0.29, 0.717) is 40.2 Å². The highest BCUT2D eigenvalue weighted by molar-refractivity contribution is 5.93. The Bertz CT molecular complexity index is 1620. The molecule has 1 unspecified atom stereocenters. The first-order valence-corrected chi connectivity index (χ1v) is 13.8. The number of fused-ring (bicyclic) bond motifs is 1. The summed E-state index contributed by atoms with van der Waals surface area (Å²) in [5.74, 6) is 1.14. The van der Waals surface area contributed by atoms with Crippen LogP contribution in [0.25, 0.3) is 22.7 Å². The van der Waals surface area contributed by atoms with E-state index in [1.807, 2.05) is 74.2 Å². The van der Waals surface area contributed by atoms with E-state index >= 15 is 0 Å². The predicted molar refractivity (Wildman–Crippen MR) is 159 cm³/mol. The number of rotatable bonds is 7. The van der Waals surface area contributed by atoms with Crippen molar-refractivity contribution in [2.45, 2.75) is 52.5 Å². The van der Waals surface area contributed by atoms with E-state index in [2.05, 4.69) is 15.3 Å². The number of anilines is 2. The van der Waals surface area contributed by atoms with Crippen LogP contribution in [-0.2, 0) is 4.79 Å². The molecule has 3 N–H and O–H groups in total. The molecule has 9 heteroatoms. The summed E-state index contributed by atoms with van der Waals surface area (Å²) in [5, 5.41) is 4.08. The summed E-state index contributed by atoms with van der Waals surface area (Å²) < 4.78 is 1.67. The van der Waals surface area contributed by atoms with Gasteiger partial charge < -0.3 is 16.0 Å². The van der Waals surface area contributed by atoms with Crippen molar-refractivity contribution in [1.29, 1.82) is 0 Å². The van der Waals surface area contributed by atoms with Crippen molar-refractivity contribution >= 4 is 34.7 Å². The zero-order chi connectivity index (χ0) is 28.2. The van der Waals surface area contributed by atoms with Crippen molar-refractivity contribution in [3.05, 3.63) is 87.6 Å². The molecule has 1 saturated heterocycles. The lowest BCUT2D eigenvalue weighted by atomic mass is 10.1. The van der Waals surface area contributed by atoms with Gasteiger partial charge in [-0.05, 0) is 69.4 Å². The van der Waals surface area contributed by atoms with Crippen LogP contribution in [0.4, 0.5) is 11.8 Å². The zero-order valence-electron chi connectivity index (χ0n) is 23.2. The summed E-state index contributed by atoms with van der Waals surface area (Å²) in [5.41, 5.74) is 9.49. The van der Waals surface area contributed by atoms with E-state index in [-0.39, 0.29) is 17.4 Å². The first kappa shape index (κ1) is 27.1. The SMILES string of the molecule is CCC(Nc1nc(N)nc(C)c1C=CC(=O)N1CCCCC1)c1nc2cccc(C)c2c(=O)n1-c1ccccc1. The first-order valence-electron chi connectivity index (χ1n) is 13.8. The fourth-order valence-corrected chi connectivity index (χ4v) is 5.27. The highest BCUT2D eigenvalue weighted by atomic mass is 16.2. The fourth-order valence-electron chi connectivity index (χ4n) is 5.27. The van der Waals surface area contributed by atoms with E-state index < -0.39 is 6.04 Å². The molecule has 0 spiro atoms. The monoisotopic (exact) mass is 537 g/mol. The van der Waals surface area contributed by atoms with Gasteiger partial charge in [0.15, 0.2) is 0 Å². The van der Waals surface area contributed by atoms with Crippen molar-refractivity contribution in [1.82, 2.24) is 24.4 Å². The van der Waals surface area contributed by atoms with Crippen LogP contribution in [-0.4, -0.2) is 43.4 Å². The van der Waals surface area contributed by atoms with Gasteiger partial charge in [0.2, 0.25) is 11.9 Å². The number of piperidine rings is 1. The van der Waals surface area contributed by atoms with Crippen molar-refractivity contribution < 1.29 is 4.79 Å². The van der Waals surface area contributed by atoms with Gasteiger partial charge in [-0.1, -0.05) is 37.3 Å². The maximum Gasteiger partial charge on any atom is 0.266 e. The van der Waals surface area contributed by atoms with Gasteiger partial charge in [-0.2, -0.15) is 4.98 Å². The molecule has 40 heavy (non-hydrogen) atoms. The van der Waals surface area contributed by atoms with Crippen LogP contribution in [0.5, 0.6) is 0 Å². The minimum absolute atomic E-state index is 0.0293. The average molecular weight is 538 g/mol. The van der Waals surface area contributed by atoms with E-state index in [0.717, 1.165) is 43.6 Å². The molecule has 4 aromatic rings. The Morgan fingerprint density at radius 3 is 2.50 bits per heavy atom. The smallest absolute Gasteiger partial charge is 0.266 e. The molecule has 2 aromatic heterocycles. The number of nitrogens with zero attached hydrogens (tertiary/aromatic N) is 5. The third kappa shape index (κ3) is 5.45. The molecule has 1 atom stereocenters. The second-order valence-electron chi connectivity index (χ2n) is 10.2. The number of hydrogen-bond acceptors (Lipinski definition) is 7. The molecule has 0 bridgehead atoms. The van der Waals surface area contributed by atoms with Crippen LogP contribution in [0, 0.1) is 13.8 Å². The lowest BCUT2D eigenvalue weighted by molar-refractivity contribution is -0.126. The molecule has 0 aliphatic carbocycles. The van der Waals surface area contributed by atoms with Crippen LogP contribution in [0.1, 0.15) is 61.3 Å². The molecular formula is C31H35N7O2. The van der Waals surface area contributed by atoms with Crippen molar-refractivity contribution in [3.8, 4) is 5.69 Å². The average Bonchev–Trinajstić information content (AvgIpc) is 2.96. The number of para-hydroxylation sites is 1. The highest BCUT2D eigenvalue weighted by Crippen LogP contribution is 2.28. The highest BCUT2D eigenvalue weighted by Gasteiger charge is 2.23. The maximum atomic E-state index is 13.9. The number of aryl methyl sites for hydroxylation is 2. The van der Waals surface area contributed by atoms with Gasteiger partial charge in [0.25, 0.3) is 5.56 Å². The summed E-state index contributed by atoms with van der Waals surface area (Å²) in [6, 6.07) is 14.8. The molecule has 0 radical (unpaired) electrons. The molecule has 0 saturated carbocycles. The number of likely N-dealkylation sites (tertiary alicyclic amines) is 1. The topological polar surface area (TPSA) is 119 Å². The molecule has 3 heterocycles. The van der Waals surface area contributed by atoms with Crippen LogP contribution in [0.2, 0.25) is 0 Å². The number of carbonyl (C=O) groups is 1. The maximum absolute atomic E-state index is 13.9. The number of hydrogen-bond donors (Lipinski definition) is 2. The van der Waals surface area contributed by atoms with Crippen LogP contribution in [0.15, 0.2) is 59.4 Å². The third-order valence-electron chi connectivity index (χ3n) is 7.39. The number of nitrogens with one attached hydrogen (secondary N) is 1. The summed E-state index contributed by atoms with van der Waals surface area (Å²) in [7, 11) is 0. The molecule has 2 aromatic carbocycles. The standard InChI is InChI=1S/C31H35N7O2/c1-4-24(29-35-25-15-11-12-20(2)27(25)30(40)38(29)22-13-7-5-8-14-22)34-28-23(21(3)33-31(32)36-28)16-17-26(39)37-18-9-6-10-19-37/h5,7-8,11-17,24H,4,6,9-10,18-19H2,1-3H3,(H3,32,33,34,36). The normalized spacial score (nSPS) is 14.5. The predicted octanol–water partition coefficient (Wildman–Crippen LogP) is 4.96. The number of carbonyl (C=O) groups excluding carboxylic acids is 1. The van der Waals surface area contributed by atoms with Crippen molar-refractivity contribution in [2.24, 2.45) is 0 Å². The van der Waals surface area contributed by atoms with Gasteiger partial charge in [-0.3, -0.25) is 14.2 Å². The molecule has 1 aliphatic heterocycles. The largest absolute Gasteiger partial charge is 0.368 e. The molecular weight excluding hydrogens is 502 g/mol. The minimum Gasteiger partial charge on any atom is -0.368 e. The lowest BCUT2D eigenvalue weighted by Crippen LogP contribution is -2.34. The Morgan fingerprint density at radius 2 is 1.77 bits per heavy atom. The molecule has 5 rings (SSSR count). The summed E-state index contributed by atoms with van der Waals surface area (Å²) in [4.78, 5) is 42.5. The first-order chi connectivity index (χ1) is 19.4. The zero-order valence-corrected chi connectivity index (χ0v) is 23.2. The number of aromatic nitrogens is 4. The molecule has 1 fully saturated rings. The number of benzene rings is 2. The van der Waals surface area contributed by atoms with E-state index in [1.54, 1.807) is 16.7 Å². The summed E-state index contributed by atoms with van der Waals surface area (Å²) in [6.45, 7) is 7.33. The summed E-state index contributed by atoms with van der Waals surface area (Å²) in [6.07, 6.45) is 7.14. The van der Waals surface area contributed by atoms with E-state index in [1.165, 1.54) is 0 Å². The van der Waals surface area contributed by atoms with Crippen molar-refractivity contribution in [3.63, 3.8) is 0 Å². The van der Waals surface area contributed by atoms with Crippen LogP contribution >= 0.6 is 0 Å². The summed E-state index contributed by atoms with van der Waals surface area (Å²) >= 11 is 0. The second kappa shape index (κ2) is 11.7. The number of nitrogens with two attached hydrogens (primary N) is 1. The minimum atomic E-state index is -0.392. The Balaban J connectivity index is 1.59. The Morgan fingerprint density at radius 1 is 1.02 bits per heavy atom. The van der Waals surface area contributed by atoms with Gasteiger partial charge in [-0.15, -0.1) is 0 Å². The fraction of sp³-hybridized carbons (Fsp3) is 0.323. The number of amides is 1. The van der Waals surface area contributed by atoms with Gasteiger partial charge in [0, 0.05) is 24.7 Å². The van der Waals surface area contributed by atoms with Crippen molar-refractivity contribution in [2.75, 3.05) is 24.1 Å². The van der Waals surface area contributed by atoms with E-state index in [4.69, 9.17) is 10.7 Å². The van der Waals surface area contributed by atoms with Gasteiger partial charge in [-0.25, -0.2) is 9.97 Å². The van der Waals surface area contributed by atoms with Gasteiger partial charge >= 0.3 is 0 Å². The lowest BCUT2D eigenvalue weighted by Gasteiger charge is -2.25. The quantitative estimate of drug-likeness (QED) is 0.320. The van der Waals surface area contributed by atoms with Crippen LogP contribution in [0.3, 0.4) is 0 Å². The Hall–Kier alpha value is -4.53. The number of nitrogen functional groups attached to an aromatic ring is 1. The van der Waals surface area contributed by atoms with Gasteiger partial charge in [0.05, 0.1) is 28.3 Å². The second-order valence-corrected chi connectivity index (χ2v) is 10.2. The molecule has 1 amide bonds. The molecule has 206 valence electrons. The molecule has 9 nitrogen and oxygen atoms in total. The van der Waals surface area contributed by atoms with Gasteiger partial charge in [0.1, 0.15) is 11.6 Å². The third-order valence-corrected chi connectivity index (χ3v) is 7.39. The Kier molecular flexibility index (Phi) is 7.91.